The average Bonchev–Trinajstić information content (AvgIpc) is 3.22. The molecule has 0 fully saturated rings. The Hall–Kier alpha value is -6.90. The summed E-state index contributed by atoms with van der Waals surface area (Å²) in [6.07, 6.45) is 0.805. The number of amides is 4. The number of aryl methyl sites for hydroxylation is 2. The van der Waals surface area contributed by atoms with E-state index >= 15 is 0 Å². The minimum absolute atomic E-state index is 0.117. The number of carbonyl (C=O) groups excluding carboxylic acids is 6. The smallest absolute Gasteiger partial charge is 0.258 e. The largest absolute Gasteiger partial charge is 0.323 e. The molecule has 60 heavy (non-hydrogen) atoms. The molecule has 0 bridgehead atoms. The van der Waals surface area contributed by atoms with Gasteiger partial charge in [0.15, 0.2) is 11.6 Å². The number of para-hydroxylation sites is 2. The van der Waals surface area contributed by atoms with Crippen molar-refractivity contribution in [3.8, 4) is 0 Å². The Kier molecular flexibility index (Phi) is 15.2. The van der Waals surface area contributed by atoms with Crippen LogP contribution in [0.4, 0.5) is 34.1 Å². The van der Waals surface area contributed by atoms with Gasteiger partial charge in [0.05, 0.1) is 32.5 Å². The van der Waals surface area contributed by atoms with Gasteiger partial charge in [-0.2, -0.15) is 20.5 Å². The molecule has 0 aromatic heterocycles. The quantitative estimate of drug-likeness (QED) is 0.0562. The number of rotatable bonds is 16. The molecule has 0 heterocycles. The number of carbonyl (C=O) groups is 6. The first-order valence-corrected chi connectivity index (χ1v) is 19.5. The Balaban J connectivity index is 1.30. The molecule has 4 amide bonds. The number of Topliss-reactive ketones (excluding diaryl/α,β-unsaturated/α-hetero) is 2. The van der Waals surface area contributed by atoms with Crippen molar-refractivity contribution in [3.05, 3.63) is 141 Å². The highest BCUT2D eigenvalue weighted by Gasteiger charge is 2.27. The molecule has 0 radical (unpaired) electrons. The van der Waals surface area contributed by atoms with Gasteiger partial charge in [-0.1, -0.05) is 73.4 Å². The van der Waals surface area contributed by atoms with Gasteiger partial charge in [-0.3, -0.25) is 28.8 Å². The summed E-state index contributed by atoms with van der Waals surface area (Å²) in [7, 11) is 0. The molecule has 5 aromatic rings. The second-order valence-corrected chi connectivity index (χ2v) is 14.1. The van der Waals surface area contributed by atoms with Crippen LogP contribution in [-0.4, -0.2) is 47.3 Å². The van der Waals surface area contributed by atoms with Crippen molar-refractivity contribution in [1.82, 2.24) is 0 Å². The maximum absolute atomic E-state index is 13.5. The Morgan fingerprint density at radius 1 is 0.517 bits per heavy atom. The van der Waals surface area contributed by atoms with Crippen LogP contribution in [0, 0.1) is 0 Å². The van der Waals surface area contributed by atoms with Crippen LogP contribution in [0.25, 0.3) is 0 Å². The van der Waals surface area contributed by atoms with Crippen LogP contribution in [0.15, 0.2) is 130 Å². The SMILES string of the molecule is CCc1cc(NC(=O)C(N=Nc2ccc(Cl)c(C(=O)Nc3ccccc3)c2)C(C)=O)c(CC)cc1NC(=O)C(N=Nc1ccc(Cl)c(C(=O)Nc2ccccc2)c1)C(C)=O. The minimum atomic E-state index is -1.53. The van der Waals surface area contributed by atoms with Crippen molar-refractivity contribution in [1.29, 1.82) is 0 Å². The number of nitrogens with zero attached hydrogens (tertiary/aromatic N) is 4. The molecule has 14 nitrogen and oxygen atoms in total. The van der Waals surface area contributed by atoms with Gasteiger partial charge in [0.1, 0.15) is 0 Å². The minimum Gasteiger partial charge on any atom is -0.323 e. The summed E-state index contributed by atoms with van der Waals surface area (Å²) in [6, 6.07) is 26.6. The van der Waals surface area contributed by atoms with Gasteiger partial charge < -0.3 is 21.3 Å². The molecule has 0 aliphatic carbocycles. The lowest BCUT2D eigenvalue weighted by Crippen LogP contribution is -2.33. The Morgan fingerprint density at radius 2 is 0.883 bits per heavy atom. The summed E-state index contributed by atoms with van der Waals surface area (Å²) in [4.78, 5) is 78.2. The number of nitrogens with one attached hydrogen (secondary N) is 4. The maximum Gasteiger partial charge on any atom is 0.258 e. The predicted octanol–water partition coefficient (Wildman–Crippen LogP) is 9.98. The van der Waals surface area contributed by atoms with Gasteiger partial charge in [-0.15, -0.1) is 0 Å². The summed E-state index contributed by atoms with van der Waals surface area (Å²) >= 11 is 12.6. The van der Waals surface area contributed by atoms with E-state index in [0.717, 1.165) is 0 Å². The second-order valence-electron chi connectivity index (χ2n) is 13.3. The van der Waals surface area contributed by atoms with E-state index in [1.165, 1.54) is 50.2 Å². The number of benzene rings is 5. The molecule has 2 unspecified atom stereocenters. The van der Waals surface area contributed by atoms with E-state index in [1.807, 2.05) is 26.0 Å². The van der Waals surface area contributed by atoms with Crippen molar-refractivity contribution in [2.45, 2.75) is 52.6 Å². The molecule has 0 aliphatic rings. The molecule has 0 aliphatic heterocycles. The summed E-state index contributed by atoms with van der Waals surface area (Å²) in [6.45, 7) is 6.09. The van der Waals surface area contributed by atoms with E-state index < -0.39 is 47.3 Å². The zero-order valence-electron chi connectivity index (χ0n) is 33.0. The first-order valence-electron chi connectivity index (χ1n) is 18.7. The zero-order valence-corrected chi connectivity index (χ0v) is 34.5. The van der Waals surface area contributed by atoms with Gasteiger partial charge in [0.25, 0.3) is 23.6 Å². The van der Waals surface area contributed by atoms with Crippen LogP contribution in [0.5, 0.6) is 0 Å². The number of hydrogen-bond acceptors (Lipinski definition) is 10. The highest BCUT2D eigenvalue weighted by atomic mass is 35.5. The van der Waals surface area contributed by atoms with Gasteiger partial charge in [0, 0.05) is 22.7 Å². The molecule has 0 saturated heterocycles. The number of azo groups is 2. The van der Waals surface area contributed by atoms with Crippen molar-refractivity contribution < 1.29 is 28.8 Å². The molecular weight excluding hydrogens is 807 g/mol. The lowest BCUT2D eigenvalue weighted by Gasteiger charge is -2.18. The maximum atomic E-state index is 13.5. The summed E-state index contributed by atoms with van der Waals surface area (Å²) in [5, 5.41) is 27.6. The molecule has 306 valence electrons. The molecule has 5 aromatic carbocycles. The third-order valence-electron chi connectivity index (χ3n) is 8.90. The fourth-order valence-electron chi connectivity index (χ4n) is 5.73. The van der Waals surface area contributed by atoms with Crippen LogP contribution in [0.1, 0.15) is 59.5 Å². The fraction of sp³-hybridized carbons (Fsp3) is 0.182. The lowest BCUT2D eigenvalue weighted by atomic mass is 10.0. The van der Waals surface area contributed by atoms with Crippen LogP contribution in [0.2, 0.25) is 10.0 Å². The Morgan fingerprint density at radius 3 is 1.22 bits per heavy atom. The van der Waals surface area contributed by atoms with Crippen molar-refractivity contribution >= 4 is 92.5 Å². The number of anilines is 4. The summed E-state index contributed by atoms with van der Waals surface area (Å²) in [5.41, 5.74) is 3.69. The third kappa shape index (κ3) is 11.6. The van der Waals surface area contributed by atoms with E-state index in [2.05, 4.69) is 41.7 Å². The first-order chi connectivity index (χ1) is 28.8. The molecule has 4 N–H and O–H groups in total. The molecule has 5 rings (SSSR count). The Bertz CT molecular complexity index is 2320. The standard InChI is InChI=1S/C44H40Cl2N8O6/c1-5-27-21-38(50-44(60)40(26(4)56)54-52-32-18-20-36(46)34(24-32)42(58)48-30-15-11-8-12-16-30)28(6-2)22-37(27)49-43(59)39(25(3)55)53-51-31-17-19-35(45)33(23-31)41(57)47-29-13-9-7-10-14-29/h7-24,39-40H,5-6H2,1-4H3,(H,47,57)(H,48,58)(H,49,59)(H,50,60). The summed E-state index contributed by atoms with van der Waals surface area (Å²) in [5.74, 6) is -3.64. The van der Waals surface area contributed by atoms with Gasteiger partial charge in [-0.25, -0.2) is 0 Å². The second kappa shape index (κ2) is 20.7. The van der Waals surface area contributed by atoms with Crippen LogP contribution < -0.4 is 21.3 Å². The number of hydrogen-bond donors (Lipinski definition) is 4. The van der Waals surface area contributed by atoms with Crippen LogP contribution in [0.3, 0.4) is 0 Å². The van der Waals surface area contributed by atoms with Gasteiger partial charge in [-0.05, 0) is 111 Å². The van der Waals surface area contributed by atoms with E-state index in [1.54, 1.807) is 60.7 Å². The third-order valence-corrected chi connectivity index (χ3v) is 9.56. The van der Waals surface area contributed by atoms with Crippen molar-refractivity contribution in [2.24, 2.45) is 20.5 Å². The average molecular weight is 848 g/mol. The predicted molar refractivity (Wildman–Crippen MR) is 232 cm³/mol. The monoisotopic (exact) mass is 846 g/mol. The number of halogens is 2. The Labute approximate surface area is 355 Å². The molecule has 16 heteroatoms. The van der Waals surface area contributed by atoms with Crippen molar-refractivity contribution in [2.75, 3.05) is 21.3 Å². The molecule has 0 saturated carbocycles. The lowest BCUT2D eigenvalue weighted by molar-refractivity contribution is -0.127. The van der Waals surface area contributed by atoms with E-state index in [0.29, 0.717) is 46.7 Å². The van der Waals surface area contributed by atoms with Crippen molar-refractivity contribution in [3.63, 3.8) is 0 Å². The van der Waals surface area contributed by atoms with Gasteiger partial charge >= 0.3 is 0 Å². The summed E-state index contributed by atoms with van der Waals surface area (Å²) < 4.78 is 0. The number of ketones is 2. The van der Waals surface area contributed by atoms with E-state index in [9.17, 15) is 28.8 Å². The molecule has 0 spiro atoms. The van der Waals surface area contributed by atoms with Crippen LogP contribution in [-0.2, 0) is 32.0 Å². The van der Waals surface area contributed by atoms with E-state index in [4.69, 9.17) is 23.2 Å². The highest BCUT2D eigenvalue weighted by molar-refractivity contribution is 6.35. The van der Waals surface area contributed by atoms with Gasteiger partial charge in [0.2, 0.25) is 12.1 Å². The fourth-order valence-corrected chi connectivity index (χ4v) is 6.14. The normalized spacial score (nSPS) is 12.1. The van der Waals surface area contributed by atoms with Crippen LogP contribution >= 0.6 is 23.2 Å². The zero-order chi connectivity index (χ0) is 43.3. The highest BCUT2D eigenvalue weighted by Crippen LogP contribution is 2.29. The first kappa shape index (κ1) is 44.2. The van der Waals surface area contributed by atoms with E-state index in [-0.39, 0.29) is 32.5 Å². The molecular formula is C44H40Cl2N8O6. The molecule has 2 atom stereocenters. The topological polar surface area (TPSA) is 200 Å².